The van der Waals surface area contributed by atoms with E-state index in [1.807, 2.05) is 41.1 Å². The summed E-state index contributed by atoms with van der Waals surface area (Å²) in [4.78, 5) is 0. The molecule has 3 aromatic rings. The first-order valence-electron chi connectivity index (χ1n) is 6.29. The predicted molar refractivity (Wildman–Crippen MR) is 77.4 cm³/mol. The van der Waals surface area contributed by atoms with Crippen LogP contribution in [0.1, 0.15) is 5.56 Å². The molecule has 3 rings (SSSR count). The van der Waals surface area contributed by atoms with E-state index in [0.29, 0.717) is 0 Å². The third-order valence-electron chi connectivity index (χ3n) is 3.15. The van der Waals surface area contributed by atoms with Gasteiger partial charge in [-0.1, -0.05) is 42.5 Å². The lowest BCUT2D eigenvalue weighted by molar-refractivity contribution is 0.628. The van der Waals surface area contributed by atoms with E-state index < -0.39 is 0 Å². The van der Waals surface area contributed by atoms with Crippen molar-refractivity contribution in [3.05, 3.63) is 78.3 Å². The largest absolute Gasteiger partial charge is 0.344 e. The van der Waals surface area contributed by atoms with Crippen LogP contribution in [0, 0.1) is 5.82 Å². The topological polar surface area (TPSA) is 4.93 Å². The molecule has 0 unspecified atom stereocenters. The lowest BCUT2D eigenvalue weighted by Crippen LogP contribution is -1.92. The molecule has 1 aromatic heterocycles. The van der Waals surface area contributed by atoms with Gasteiger partial charge in [0.25, 0.3) is 0 Å². The molecular formula is C17H14FN. The van der Waals surface area contributed by atoms with Crippen LogP contribution in [0.15, 0.2) is 66.9 Å². The van der Waals surface area contributed by atoms with Crippen molar-refractivity contribution in [1.29, 1.82) is 0 Å². The molecule has 0 aliphatic rings. The van der Waals surface area contributed by atoms with E-state index in [0.717, 1.165) is 17.4 Å². The second-order valence-corrected chi connectivity index (χ2v) is 4.48. The minimum atomic E-state index is -0.195. The molecule has 94 valence electrons. The molecule has 1 heterocycles. The molecule has 0 spiro atoms. The molecule has 0 aliphatic carbocycles. The van der Waals surface area contributed by atoms with Gasteiger partial charge in [0.1, 0.15) is 5.82 Å². The van der Waals surface area contributed by atoms with Crippen molar-refractivity contribution in [3.63, 3.8) is 0 Å². The fraction of sp³-hybridized carbons (Fsp3) is 0.0588. The minimum absolute atomic E-state index is 0.195. The van der Waals surface area contributed by atoms with Gasteiger partial charge < -0.3 is 4.57 Å². The Labute approximate surface area is 111 Å². The van der Waals surface area contributed by atoms with Gasteiger partial charge in [0.15, 0.2) is 0 Å². The Kier molecular flexibility index (Phi) is 3.15. The van der Waals surface area contributed by atoms with Gasteiger partial charge in [-0.15, -0.1) is 0 Å². The smallest absolute Gasteiger partial charge is 0.125 e. The third-order valence-corrected chi connectivity index (χ3v) is 3.15. The van der Waals surface area contributed by atoms with Crippen LogP contribution in [0.3, 0.4) is 0 Å². The van der Waals surface area contributed by atoms with Crippen molar-refractivity contribution in [1.82, 2.24) is 4.57 Å². The third kappa shape index (κ3) is 2.58. The molecule has 0 saturated carbocycles. The summed E-state index contributed by atoms with van der Waals surface area (Å²) < 4.78 is 15.3. The summed E-state index contributed by atoms with van der Waals surface area (Å²) in [5.41, 5.74) is 2.10. The second kappa shape index (κ2) is 5.11. The maximum atomic E-state index is 13.2. The van der Waals surface area contributed by atoms with Crippen molar-refractivity contribution in [2.24, 2.45) is 0 Å². The fourth-order valence-electron chi connectivity index (χ4n) is 2.18. The summed E-state index contributed by atoms with van der Waals surface area (Å²) >= 11 is 0. The molecule has 0 radical (unpaired) electrons. The Balaban J connectivity index is 1.82. The highest BCUT2D eigenvalue weighted by molar-refractivity contribution is 5.80. The summed E-state index contributed by atoms with van der Waals surface area (Å²) in [6.45, 7) is 0.738. The van der Waals surface area contributed by atoms with Crippen LogP contribution in [0.4, 0.5) is 4.39 Å². The quantitative estimate of drug-likeness (QED) is 0.646. The van der Waals surface area contributed by atoms with Crippen molar-refractivity contribution < 1.29 is 4.39 Å². The zero-order valence-corrected chi connectivity index (χ0v) is 10.5. The van der Waals surface area contributed by atoms with E-state index in [2.05, 4.69) is 24.3 Å². The Hall–Kier alpha value is -2.35. The van der Waals surface area contributed by atoms with Crippen LogP contribution in [0.25, 0.3) is 17.0 Å². The molecular weight excluding hydrogens is 237 g/mol. The molecule has 0 aliphatic heterocycles. The number of hydrogen-bond donors (Lipinski definition) is 0. The Morgan fingerprint density at radius 1 is 1.00 bits per heavy atom. The van der Waals surface area contributed by atoms with Crippen LogP contribution in [0.5, 0.6) is 0 Å². The number of halogens is 1. The number of benzene rings is 2. The number of hydrogen-bond acceptors (Lipinski definition) is 0. The standard InChI is InChI=1S/C17H14FN/c18-16-9-8-15-10-12-19(17(15)13-16)11-4-7-14-5-2-1-3-6-14/h1-10,12-13H,11H2/b7-4+. The van der Waals surface area contributed by atoms with Gasteiger partial charge >= 0.3 is 0 Å². The van der Waals surface area contributed by atoms with Gasteiger partial charge in [0, 0.05) is 12.7 Å². The molecule has 0 saturated heterocycles. The normalized spacial score (nSPS) is 11.4. The molecule has 0 N–H and O–H groups in total. The average Bonchev–Trinajstić information content (AvgIpc) is 2.83. The molecule has 0 amide bonds. The first-order valence-corrected chi connectivity index (χ1v) is 6.29. The number of fused-ring (bicyclic) bond motifs is 1. The van der Waals surface area contributed by atoms with Crippen LogP contribution in [-0.2, 0) is 6.54 Å². The molecule has 0 fully saturated rings. The van der Waals surface area contributed by atoms with Gasteiger partial charge in [-0.25, -0.2) is 4.39 Å². The summed E-state index contributed by atoms with van der Waals surface area (Å²) in [5, 5.41) is 1.06. The Bertz CT molecular complexity index is 710. The first-order chi connectivity index (χ1) is 9.33. The summed E-state index contributed by atoms with van der Waals surface area (Å²) in [6.07, 6.45) is 6.14. The molecule has 1 nitrogen and oxygen atoms in total. The van der Waals surface area contributed by atoms with Crippen molar-refractivity contribution in [2.75, 3.05) is 0 Å². The zero-order chi connectivity index (χ0) is 13.1. The van der Waals surface area contributed by atoms with Gasteiger partial charge in [-0.2, -0.15) is 0 Å². The number of nitrogens with zero attached hydrogens (tertiary/aromatic N) is 1. The van der Waals surface area contributed by atoms with E-state index in [1.165, 1.54) is 11.6 Å². The van der Waals surface area contributed by atoms with Crippen LogP contribution in [-0.4, -0.2) is 4.57 Å². The lowest BCUT2D eigenvalue weighted by Gasteiger charge is -2.01. The summed E-state index contributed by atoms with van der Waals surface area (Å²) in [7, 11) is 0. The SMILES string of the molecule is Fc1ccc2ccn(C/C=C/c3ccccc3)c2c1. The van der Waals surface area contributed by atoms with E-state index >= 15 is 0 Å². The summed E-state index contributed by atoms with van der Waals surface area (Å²) in [5.74, 6) is -0.195. The molecule has 2 heteroatoms. The number of aromatic nitrogens is 1. The highest BCUT2D eigenvalue weighted by atomic mass is 19.1. The van der Waals surface area contributed by atoms with E-state index in [1.54, 1.807) is 6.07 Å². The maximum Gasteiger partial charge on any atom is 0.125 e. The summed E-state index contributed by atoms with van der Waals surface area (Å²) in [6, 6.07) is 17.0. The average molecular weight is 251 g/mol. The van der Waals surface area contributed by atoms with Crippen molar-refractivity contribution in [3.8, 4) is 0 Å². The molecule has 2 aromatic carbocycles. The second-order valence-electron chi connectivity index (χ2n) is 4.48. The Morgan fingerprint density at radius 2 is 1.84 bits per heavy atom. The van der Waals surface area contributed by atoms with E-state index in [9.17, 15) is 4.39 Å². The molecule has 19 heavy (non-hydrogen) atoms. The number of allylic oxidation sites excluding steroid dienone is 1. The highest BCUT2D eigenvalue weighted by Gasteiger charge is 2.00. The monoisotopic (exact) mass is 251 g/mol. The van der Waals surface area contributed by atoms with Gasteiger partial charge in [0.05, 0.1) is 5.52 Å². The lowest BCUT2D eigenvalue weighted by atomic mass is 10.2. The van der Waals surface area contributed by atoms with Gasteiger partial charge in [-0.3, -0.25) is 0 Å². The van der Waals surface area contributed by atoms with Crippen LogP contribution in [0.2, 0.25) is 0 Å². The van der Waals surface area contributed by atoms with Crippen molar-refractivity contribution in [2.45, 2.75) is 6.54 Å². The van der Waals surface area contributed by atoms with Crippen LogP contribution < -0.4 is 0 Å². The minimum Gasteiger partial charge on any atom is -0.344 e. The first kappa shape index (κ1) is 11.7. The number of rotatable bonds is 3. The zero-order valence-electron chi connectivity index (χ0n) is 10.5. The van der Waals surface area contributed by atoms with E-state index in [-0.39, 0.29) is 5.82 Å². The van der Waals surface area contributed by atoms with E-state index in [4.69, 9.17) is 0 Å². The van der Waals surface area contributed by atoms with Crippen LogP contribution >= 0.6 is 0 Å². The highest BCUT2D eigenvalue weighted by Crippen LogP contribution is 2.17. The fourth-order valence-corrected chi connectivity index (χ4v) is 2.18. The predicted octanol–water partition coefficient (Wildman–Crippen LogP) is 4.49. The molecule has 0 atom stereocenters. The maximum absolute atomic E-state index is 13.2. The Morgan fingerprint density at radius 3 is 2.68 bits per heavy atom. The van der Waals surface area contributed by atoms with Crippen molar-refractivity contribution >= 4 is 17.0 Å². The van der Waals surface area contributed by atoms with Gasteiger partial charge in [0.2, 0.25) is 0 Å². The molecule has 0 bridgehead atoms. The van der Waals surface area contributed by atoms with Gasteiger partial charge in [-0.05, 0) is 35.2 Å².